The molecule has 2 rings (SSSR count). The van der Waals surface area contributed by atoms with Gasteiger partial charge in [0.2, 0.25) is 5.91 Å². The van der Waals surface area contributed by atoms with Gasteiger partial charge in [0.25, 0.3) is 0 Å². The number of likely N-dealkylation sites (tertiary alicyclic amines) is 1. The molecule has 1 aromatic rings. The van der Waals surface area contributed by atoms with Gasteiger partial charge in [-0.1, -0.05) is 0 Å². The number of hydrogen-bond donors (Lipinski definition) is 1. The number of aliphatic hydroxyl groups is 1. The topological polar surface area (TPSA) is 61.6 Å². The van der Waals surface area contributed by atoms with Crippen LogP contribution in [0.1, 0.15) is 25.0 Å². The van der Waals surface area contributed by atoms with Gasteiger partial charge in [-0.15, -0.1) is 24.0 Å². The van der Waals surface area contributed by atoms with E-state index in [0.29, 0.717) is 13.0 Å². The summed E-state index contributed by atoms with van der Waals surface area (Å²) in [5.41, 5.74) is 0.306. The lowest BCUT2D eigenvalue weighted by atomic mass is 9.89. The first-order valence-corrected chi connectivity index (χ1v) is 7.51. The zero-order valence-corrected chi connectivity index (χ0v) is 16.0. The molecule has 1 aliphatic heterocycles. The second-order valence-electron chi connectivity index (χ2n) is 6.27. The van der Waals surface area contributed by atoms with Crippen LogP contribution in [0.3, 0.4) is 0 Å². The molecule has 0 spiro atoms. The summed E-state index contributed by atoms with van der Waals surface area (Å²) in [6.07, 6.45) is 4.56. The Morgan fingerprint density at radius 3 is 2.82 bits per heavy atom. The second kappa shape index (κ2) is 8.26. The van der Waals surface area contributed by atoms with Crippen molar-refractivity contribution in [1.82, 2.24) is 19.6 Å². The number of amides is 1. The molecule has 0 aromatic carbocycles. The number of carbonyl (C=O) groups is 1. The monoisotopic (exact) mass is 422 g/mol. The molecule has 2 heterocycles. The van der Waals surface area contributed by atoms with Crippen molar-refractivity contribution in [3.05, 3.63) is 18.0 Å². The Balaban J connectivity index is 0.00000242. The summed E-state index contributed by atoms with van der Waals surface area (Å²) in [6, 6.07) is 2.02. The molecule has 1 aliphatic rings. The third kappa shape index (κ3) is 5.20. The van der Waals surface area contributed by atoms with E-state index in [1.807, 2.05) is 17.8 Å². The molecule has 0 saturated carbocycles. The van der Waals surface area contributed by atoms with Crippen molar-refractivity contribution in [3.63, 3.8) is 0 Å². The van der Waals surface area contributed by atoms with Crippen molar-refractivity contribution in [2.45, 2.75) is 31.3 Å². The number of hydrogen-bond acceptors (Lipinski definition) is 4. The average Bonchev–Trinajstić information content (AvgIpc) is 2.81. The van der Waals surface area contributed by atoms with Crippen LogP contribution in [0.4, 0.5) is 0 Å². The molecule has 0 aliphatic carbocycles. The van der Waals surface area contributed by atoms with Crippen LogP contribution < -0.4 is 0 Å². The van der Waals surface area contributed by atoms with Gasteiger partial charge in [0.1, 0.15) is 0 Å². The van der Waals surface area contributed by atoms with Crippen LogP contribution in [-0.2, 0) is 18.3 Å². The van der Waals surface area contributed by atoms with Gasteiger partial charge in [-0.2, -0.15) is 5.10 Å². The van der Waals surface area contributed by atoms with Crippen LogP contribution >= 0.6 is 24.0 Å². The SMILES string of the molecule is CN(C)C(=O)CC1(O)CCCN(CCc2ccnn2C)C1.I. The number of aryl methyl sites for hydroxylation is 1. The van der Waals surface area contributed by atoms with Crippen molar-refractivity contribution >= 4 is 29.9 Å². The van der Waals surface area contributed by atoms with Gasteiger partial charge in [-0.25, -0.2) is 0 Å². The quantitative estimate of drug-likeness (QED) is 0.717. The summed E-state index contributed by atoms with van der Waals surface area (Å²) < 4.78 is 1.88. The van der Waals surface area contributed by atoms with Crippen molar-refractivity contribution in [2.24, 2.45) is 7.05 Å². The summed E-state index contributed by atoms with van der Waals surface area (Å²) in [7, 11) is 5.40. The minimum atomic E-state index is -0.883. The predicted octanol–water partition coefficient (Wildman–Crippen LogP) is 0.886. The van der Waals surface area contributed by atoms with E-state index in [1.165, 1.54) is 5.69 Å². The van der Waals surface area contributed by atoms with Gasteiger partial charge in [-0.05, 0) is 25.5 Å². The molecule has 0 bridgehead atoms. The third-order valence-electron chi connectivity index (χ3n) is 4.22. The maximum atomic E-state index is 11.8. The molecule has 126 valence electrons. The summed E-state index contributed by atoms with van der Waals surface area (Å²) in [5, 5.41) is 14.8. The fourth-order valence-corrected chi connectivity index (χ4v) is 2.90. The maximum absolute atomic E-state index is 11.8. The first-order valence-electron chi connectivity index (χ1n) is 7.51. The largest absolute Gasteiger partial charge is 0.388 e. The third-order valence-corrected chi connectivity index (χ3v) is 4.22. The number of aromatic nitrogens is 2. The molecule has 7 heteroatoms. The molecule has 1 fully saturated rings. The second-order valence-corrected chi connectivity index (χ2v) is 6.27. The molecule has 1 saturated heterocycles. The molecule has 22 heavy (non-hydrogen) atoms. The van der Waals surface area contributed by atoms with Crippen molar-refractivity contribution < 1.29 is 9.90 Å². The van der Waals surface area contributed by atoms with E-state index in [2.05, 4.69) is 10.00 Å². The van der Waals surface area contributed by atoms with Crippen LogP contribution in [0.2, 0.25) is 0 Å². The predicted molar refractivity (Wildman–Crippen MR) is 96.3 cm³/mol. The van der Waals surface area contributed by atoms with E-state index in [1.54, 1.807) is 25.2 Å². The molecule has 1 atom stereocenters. The zero-order valence-electron chi connectivity index (χ0n) is 13.7. The van der Waals surface area contributed by atoms with Gasteiger partial charge in [-0.3, -0.25) is 9.48 Å². The first-order chi connectivity index (χ1) is 9.89. The van der Waals surface area contributed by atoms with E-state index in [4.69, 9.17) is 0 Å². The highest BCUT2D eigenvalue weighted by Crippen LogP contribution is 2.25. The molecular formula is C15H27IN4O2. The van der Waals surface area contributed by atoms with Gasteiger partial charge in [0.05, 0.1) is 12.0 Å². The highest BCUT2D eigenvalue weighted by molar-refractivity contribution is 14.0. The lowest BCUT2D eigenvalue weighted by Gasteiger charge is -2.39. The van der Waals surface area contributed by atoms with E-state index in [-0.39, 0.29) is 36.3 Å². The molecule has 6 nitrogen and oxygen atoms in total. The van der Waals surface area contributed by atoms with E-state index >= 15 is 0 Å². The van der Waals surface area contributed by atoms with E-state index in [0.717, 1.165) is 25.9 Å². The van der Waals surface area contributed by atoms with Gasteiger partial charge in [0.15, 0.2) is 0 Å². The Bertz CT molecular complexity index is 492. The fraction of sp³-hybridized carbons (Fsp3) is 0.733. The summed E-state index contributed by atoms with van der Waals surface area (Å²) in [6.45, 7) is 2.44. The van der Waals surface area contributed by atoms with Crippen LogP contribution in [0.5, 0.6) is 0 Å². The molecule has 1 unspecified atom stereocenters. The summed E-state index contributed by atoms with van der Waals surface area (Å²) >= 11 is 0. The number of rotatable bonds is 5. The molecule has 1 aromatic heterocycles. The average molecular weight is 422 g/mol. The summed E-state index contributed by atoms with van der Waals surface area (Å²) in [5.74, 6) is -0.00835. The Kier molecular flexibility index (Phi) is 7.27. The Labute approximate surface area is 149 Å². The van der Waals surface area contributed by atoms with Crippen LogP contribution in [0, 0.1) is 0 Å². The van der Waals surface area contributed by atoms with Crippen molar-refractivity contribution in [3.8, 4) is 0 Å². The van der Waals surface area contributed by atoms with Crippen molar-refractivity contribution in [1.29, 1.82) is 0 Å². The number of nitrogens with zero attached hydrogens (tertiary/aromatic N) is 4. The molecule has 1 N–H and O–H groups in total. The Morgan fingerprint density at radius 1 is 1.50 bits per heavy atom. The van der Waals surface area contributed by atoms with Crippen LogP contribution in [0.15, 0.2) is 12.3 Å². The lowest BCUT2D eigenvalue weighted by molar-refractivity contribution is -0.136. The number of β-amino-alcohol motifs (C(OH)–C–C–N with tert-alkyl or cyclic N) is 1. The van der Waals surface area contributed by atoms with E-state index < -0.39 is 5.60 Å². The number of halogens is 1. The van der Waals surface area contributed by atoms with Crippen molar-refractivity contribution in [2.75, 3.05) is 33.7 Å². The minimum absolute atomic E-state index is 0. The maximum Gasteiger partial charge on any atom is 0.224 e. The normalized spacial score (nSPS) is 22.2. The van der Waals surface area contributed by atoms with Gasteiger partial charge >= 0.3 is 0 Å². The smallest absolute Gasteiger partial charge is 0.224 e. The highest BCUT2D eigenvalue weighted by Gasteiger charge is 2.35. The zero-order chi connectivity index (χ0) is 15.5. The fourth-order valence-electron chi connectivity index (χ4n) is 2.90. The molecule has 0 radical (unpaired) electrons. The first kappa shape index (κ1) is 19.4. The standard InChI is InChI=1S/C15H26N4O2.HI/c1-17(2)14(20)11-15(21)7-4-9-19(12-15)10-6-13-5-8-16-18(13)3;/h5,8,21H,4,6-7,9-12H2,1-3H3;1H. The van der Waals surface area contributed by atoms with Gasteiger partial charge in [0, 0.05) is 52.5 Å². The lowest BCUT2D eigenvalue weighted by Crippen LogP contribution is -2.50. The molecule has 1 amide bonds. The molecular weight excluding hydrogens is 395 g/mol. The van der Waals surface area contributed by atoms with E-state index in [9.17, 15) is 9.90 Å². The van der Waals surface area contributed by atoms with Gasteiger partial charge < -0.3 is 14.9 Å². The minimum Gasteiger partial charge on any atom is -0.388 e. The van der Waals surface area contributed by atoms with Crippen LogP contribution in [-0.4, -0.2) is 69.9 Å². The van der Waals surface area contributed by atoms with Crippen LogP contribution in [0.25, 0.3) is 0 Å². The number of piperidine rings is 1. The Hall–Kier alpha value is -0.670. The number of carbonyl (C=O) groups excluding carboxylic acids is 1. The highest BCUT2D eigenvalue weighted by atomic mass is 127. The Morgan fingerprint density at radius 2 is 2.23 bits per heavy atom. The summed E-state index contributed by atoms with van der Waals surface area (Å²) in [4.78, 5) is 15.6.